The van der Waals surface area contributed by atoms with Crippen LogP contribution in [-0.2, 0) is 7.05 Å². The van der Waals surface area contributed by atoms with Crippen LogP contribution in [0, 0.1) is 0 Å². The molecular weight excluding hydrogens is 278 g/mol. The van der Waals surface area contributed by atoms with Crippen molar-refractivity contribution in [2.75, 3.05) is 6.54 Å². The molecule has 1 aromatic carbocycles. The first-order chi connectivity index (χ1) is 10.6. The van der Waals surface area contributed by atoms with Crippen LogP contribution in [0.15, 0.2) is 30.5 Å². The largest absolute Gasteiger partial charge is 0.387 e. The van der Waals surface area contributed by atoms with Crippen molar-refractivity contribution in [2.45, 2.75) is 37.8 Å². The van der Waals surface area contributed by atoms with Crippen LogP contribution in [0.2, 0.25) is 0 Å². The Morgan fingerprint density at radius 3 is 2.91 bits per heavy atom. The zero-order chi connectivity index (χ0) is 15.5. The number of carbonyl (C=O) groups is 1. The Bertz CT molecular complexity index is 659. The van der Waals surface area contributed by atoms with Gasteiger partial charge in [-0.1, -0.05) is 18.9 Å². The molecule has 0 saturated heterocycles. The molecule has 0 radical (unpaired) electrons. The van der Waals surface area contributed by atoms with Gasteiger partial charge in [-0.15, -0.1) is 0 Å². The highest BCUT2D eigenvalue weighted by atomic mass is 16.3. The highest BCUT2D eigenvalue weighted by Crippen LogP contribution is 2.21. The molecule has 1 aliphatic rings. The highest BCUT2D eigenvalue weighted by Gasteiger charge is 2.17. The maximum Gasteiger partial charge on any atom is 0.315 e. The smallest absolute Gasteiger partial charge is 0.315 e. The second-order valence-corrected chi connectivity index (χ2v) is 6.10. The average Bonchev–Trinajstić information content (AvgIpc) is 3.15. The van der Waals surface area contributed by atoms with Gasteiger partial charge < -0.3 is 20.3 Å². The molecule has 1 saturated carbocycles. The molecule has 5 nitrogen and oxygen atoms in total. The lowest BCUT2D eigenvalue weighted by atomic mass is 10.1. The van der Waals surface area contributed by atoms with Gasteiger partial charge in [-0.3, -0.25) is 0 Å². The van der Waals surface area contributed by atoms with Gasteiger partial charge in [-0.05, 0) is 42.0 Å². The number of benzene rings is 1. The van der Waals surface area contributed by atoms with Gasteiger partial charge in [-0.25, -0.2) is 4.79 Å². The second-order valence-electron chi connectivity index (χ2n) is 6.10. The van der Waals surface area contributed by atoms with Crippen LogP contribution in [0.5, 0.6) is 0 Å². The molecule has 1 fully saturated rings. The highest BCUT2D eigenvalue weighted by molar-refractivity contribution is 5.81. The van der Waals surface area contributed by atoms with E-state index in [1.807, 2.05) is 42.1 Å². The van der Waals surface area contributed by atoms with Crippen molar-refractivity contribution in [1.29, 1.82) is 0 Å². The molecule has 0 bridgehead atoms. The topological polar surface area (TPSA) is 66.3 Å². The number of nitrogens with one attached hydrogen (secondary N) is 2. The molecule has 5 heteroatoms. The fourth-order valence-corrected chi connectivity index (χ4v) is 3.12. The Morgan fingerprint density at radius 2 is 2.14 bits per heavy atom. The first kappa shape index (κ1) is 14.9. The molecule has 3 N–H and O–H groups in total. The van der Waals surface area contributed by atoms with Gasteiger partial charge in [0, 0.05) is 31.3 Å². The van der Waals surface area contributed by atoms with E-state index in [-0.39, 0.29) is 18.6 Å². The number of hydrogen-bond acceptors (Lipinski definition) is 2. The first-order valence-corrected chi connectivity index (χ1v) is 7.91. The van der Waals surface area contributed by atoms with Gasteiger partial charge in [0.1, 0.15) is 0 Å². The molecule has 1 atom stereocenters. The molecule has 2 amide bonds. The normalized spacial score (nSPS) is 16.8. The summed E-state index contributed by atoms with van der Waals surface area (Å²) in [6, 6.07) is 7.99. The fraction of sp³-hybridized carbons (Fsp3) is 0.471. The van der Waals surface area contributed by atoms with Crippen LogP contribution < -0.4 is 10.6 Å². The van der Waals surface area contributed by atoms with E-state index in [2.05, 4.69) is 10.6 Å². The second kappa shape index (κ2) is 6.40. The number of aryl methyl sites for hydroxylation is 1. The van der Waals surface area contributed by atoms with Crippen LogP contribution in [0.25, 0.3) is 10.9 Å². The third kappa shape index (κ3) is 3.25. The standard InChI is InChI=1S/C17H23N3O2/c1-20-9-8-12-10-13(6-7-15(12)20)16(21)11-18-17(22)19-14-4-2-3-5-14/h6-10,14,16,21H,2-5,11H2,1H3,(H2,18,19,22). The molecule has 2 aromatic rings. The maximum atomic E-state index is 11.8. The van der Waals surface area contributed by atoms with E-state index >= 15 is 0 Å². The molecule has 1 aromatic heterocycles. The number of urea groups is 1. The molecule has 22 heavy (non-hydrogen) atoms. The third-order valence-corrected chi connectivity index (χ3v) is 4.44. The van der Waals surface area contributed by atoms with Gasteiger partial charge in [0.15, 0.2) is 0 Å². The summed E-state index contributed by atoms with van der Waals surface area (Å²) in [5, 5.41) is 17.0. The van der Waals surface area contributed by atoms with Crippen LogP contribution in [0.3, 0.4) is 0 Å². The Kier molecular flexibility index (Phi) is 4.34. The number of hydrogen-bond donors (Lipinski definition) is 3. The number of rotatable bonds is 4. The van der Waals surface area contributed by atoms with Gasteiger partial charge in [0.2, 0.25) is 0 Å². The van der Waals surface area contributed by atoms with Gasteiger partial charge >= 0.3 is 6.03 Å². The molecule has 1 unspecified atom stereocenters. The third-order valence-electron chi connectivity index (χ3n) is 4.44. The number of aromatic nitrogens is 1. The van der Waals surface area contributed by atoms with Gasteiger partial charge in [0.05, 0.1) is 6.10 Å². The summed E-state index contributed by atoms with van der Waals surface area (Å²) in [5.41, 5.74) is 1.95. The maximum absolute atomic E-state index is 11.8. The van der Waals surface area contributed by atoms with Crippen molar-refractivity contribution >= 4 is 16.9 Å². The summed E-state index contributed by atoms with van der Waals surface area (Å²) in [6.07, 6.45) is 5.78. The number of carbonyl (C=O) groups excluding carboxylic acids is 1. The van der Waals surface area contributed by atoms with Crippen LogP contribution in [-0.4, -0.2) is 28.3 Å². The lowest BCUT2D eigenvalue weighted by Gasteiger charge is -2.16. The van der Waals surface area contributed by atoms with Gasteiger partial charge in [-0.2, -0.15) is 0 Å². The van der Waals surface area contributed by atoms with Crippen LogP contribution in [0.1, 0.15) is 37.4 Å². The van der Waals surface area contributed by atoms with Crippen molar-refractivity contribution < 1.29 is 9.90 Å². The average molecular weight is 301 g/mol. The number of amides is 2. The monoisotopic (exact) mass is 301 g/mol. The molecular formula is C17H23N3O2. The summed E-state index contributed by atoms with van der Waals surface area (Å²) < 4.78 is 2.04. The van der Waals surface area contributed by atoms with E-state index in [1.165, 1.54) is 12.8 Å². The molecule has 1 heterocycles. The molecule has 3 rings (SSSR count). The van der Waals surface area contributed by atoms with Crippen molar-refractivity contribution in [3.8, 4) is 0 Å². The Hall–Kier alpha value is -2.01. The van der Waals surface area contributed by atoms with Crippen LogP contribution in [0.4, 0.5) is 4.79 Å². The minimum absolute atomic E-state index is 0.188. The molecule has 0 aliphatic heterocycles. The summed E-state index contributed by atoms with van der Waals surface area (Å²) in [5.74, 6) is 0. The number of nitrogens with zero attached hydrogens (tertiary/aromatic N) is 1. The zero-order valence-electron chi connectivity index (χ0n) is 12.9. The summed E-state index contributed by atoms with van der Waals surface area (Å²) in [6.45, 7) is 0.219. The SMILES string of the molecule is Cn1ccc2cc(C(O)CNC(=O)NC3CCCC3)ccc21. The van der Waals surface area contributed by atoms with E-state index in [1.54, 1.807) is 0 Å². The summed E-state index contributed by atoms with van der Waals surface area (Å²) in [7, 11) is 1.99. The Morgan fingerprint density at radius 1 is 1.36 bits per heavy atom. The van der Waals surface area contributed by atoms with E-state index in [0.29, 0.717) is 0 Å². The molecule has 1 aliphatic carbocycles. The number of fused-ring (bicyclic) bond motifs is 1. The van der Waals surface area contributed by atoms with E-state index < -0.39 is 6.10 Å². The summed E-state index contributed by atoms with van der Waals surface area (Å²) in [4.78, 5) is 11.8. The van der Waals surface area contributed by atoms with Crippen molar-refractivity contribution in [3.63, 3.8) is 0 Å². The van der Waals surface area contributed by atoms with E-state index in [0.717, 1.165) is 29.3 Å². The number of aliphatic hydroxyl groups is 1. The quantitative estimate of drug-likeness (QED) is 0.812. The Labute approximate surface area is 130 Å². The van der Waals surface area contributed by atoms with E-state index in [4.69, 9.17) is 0 Å². The van der Waals surface area contributed by atoms with Crippen molar-refractivity contribution in [2.24, 2.45) is 7.05 Å². The van der Waals surface area contributed by atoms with Gasteiger partial charge in [0.25, 0.3) is 0 Å². The van der Waals surface area contributed by atoms with Crippen molar-refractivity contribution in [3.05, 3.63) is 36.0 Å². The molecule has 118 valence electrons. The minimum atomic E-state index is -0.695. The zero-order valence-corrected chi connectivity index (χ0v) is 12.9. The molecule has 0 spiro atoms. The summed E-state index contributed by atoms with van der Waals surface area (Å²) >= 11 is 0. The predicted molar refractivity (Wildman–Crippen MR) is 86.7 cm³/mol. The lowest BCUT2D eigenvalue weighted by molar-refractivity contribution is 0.172. The fourth-order valence-electron chi connectivity index (χ4n) is 3.12. The predicted octanol–water partition coefficient (Wildman–Crippen LogP) is 2.45. The lowest BCUT2D eigenvalue weighted by Crippen LogP contribution is -2.42. The van der Waals surface area contributed by atoms with E-state index in [9.17, 15) is 9.90 Å². The number of aliphatic hydroxyl groups excluding tert-OH is 1. The minimum Gasteiger partial charge on any atom is -0.387 e. The Balaban J connectivity index is 1.55. The first-order valence-electron chi connectivity index (χ1n) is 7.91. The van der Waals surface area contributed by atoms with Crippen LogP contribution >= 0.6 is 0 Å². The van der Waals surface area contributed by atoms with Crippen molar-refractivity contribution in [1.82, 2.24) is 15.2 Å².